The zero-order chi connectivity index (χ0) is 13.8. The van der Waals surface area contributed by atoms with E-state index < -0.39 is 0 Å². The number of rotatable bonds is 6. The molecule has 7 heteroatoms. The zero-order valence-electron chi connectivity index (χ0n) is 11.6. The summed E-state index contributed by atoms with van der Waals surface area (Å²) in [6, 6.07) is 0. The summed E-state index contributed by atoms with van der Waals surface area (Å²) in [6.45, 7) is 4.63. The van der Waals surface area contributed by atoms with Crippen LogP contribution in [-0.4, -0.2) is 58.6 Å². The maximum atomic E-state index is 12.1. The van der Waals surface area contributed by atoms with E-state index >= 15 is 0 Å². The molecule has 0 unspecified atom stereocenters. The highest BCUT2D eigenvalue weighted by atomic mass is 16.5. The van der Waals surface area contributed by atoms with Gasteiger partial charge in [0.25, 0.3) is 0 Å². The fraction of sp³-hybridized carbons (Fsp3) is 0.769. The average Bonchev–Trinajstić information content (AvgIpc) is 3.19. The van der Waals surface area contributed by atoms with Crippen molar-refractivity contribution in [2.24, 2.45) is 5.92 Å². The molecule has 0 bridgehead atoms. The van der Waals surface area contributed by atoms with Crippen molar-refractivity contribution in [1.82, 2.24) is 25.2 Å². The molecule has 1 aliphatic heterocycles. The molecule has 1 saturated heterocycles. The van der Waals surface area contributed by atoms with Crippen molar-refractivity contribution >= 4 is 5.91 Å². The molecular formula is C13H21N5O2. The van der Waals surface area contributed by atoms with Gasteiger partial charge in [-0.2, -0.15) is 0 Å². The molecule has 1 N–H and O–H groups in total. The van der Waals surface area contributed by atoms with Crippen LogP contribution >= 0.6 is 0 Å². The van der Waals surface area contributed by atoms with Crippen LogP contribution in [0.15, 0.2) is 6.20 Å². The van der Waals surface area contributed by atoms with Gasteiger partial charge in [0.05, 0.1) is 25.1 Å². The highest BCUT2D eigenvalue weighted by Gasteiger charge is 2.20. The van der Waals surface area contributed by atoms with Crippen molar-refractivity contribution in [3.8, 4) is 0 Å². The molecule has 7 nitrogen and oxygen atoms in total. The minimum Gasteiger partial charge on any atom is -0.378 e. The minimum absolute atomic E-state index is 0.0793. The van der Waals surface area contributed by atoms with Crippen molar-refractivity contribution in [1.29, 1.82) is 0 Å². The fourth-order valence-electron chi connectivity index (χ4n) is 2.27. The van der Waals surface area contributed by atoms with Gasteiger partial charge in [0.15, 0.2) is 0 Å². The summed E-state index contributed by atoms with van der Waals surface area (Å²) >= 11 is 0. The van der Waals surface area contributed by atoms with E-state index in [1.54, 1.807) is 4.68 Å². The molecule has 20 heavy (non-hydrogen) atoms. The van der Waals surface area contributed by atoms with E-state index in [0.717, 1.165) is 24.7 Å². The molecule has 3 rings (SSSR count). The van der Waals surface area contributed by atoms with Crippen molar-refractivity contribution in [3.05, 3.63) is 11.9 Å². The third kappa shape index (κ3) is 3.77. The average molecular weight is 279 g/mol. The Kier molecular flexibility index (Phi) is 4.27. The molecule has 1 amide bonds. The van der Waals surface area contributed by atoms with E-state index in [1.165, 1.54) is 12.8 Å². The van der Waals surface area contributed by atoms with Gasteiger partial charge in [0.2, 0.25) is 5.91 Å². The number of aromatic nitrogens is 3. The second-order valence-corrected chi connectivity index (χ2v) is 5.47. The summed E-state index contributed by atoms with van der Waals surface area (Å²) in [4.78, 5) is 13.9. The summed E-state index contributed by atoms with van der Waals surface area (Å²) in [5.74, 6) is 0.934. The Morgan fingerprint density at radius 2 is 2.20 bits per heavy atom. The van der Waals surface area contributed by atoms with Crippen LogP contribution in [0.25, 0.3) is 0 Å². The van der Waals surface area contributed by atoms with Gasteiger partial charge in [-0.15, -0.1) is 5.10 Å². The smallest absolute Gasteiger partial charge is 0.244 e. The Morgan fingerprint density at radius 3 is 2.95 bits per heavy atom. The summed E-state index contributed by atoms with van der Waals surface area (Å²) < 4.78 is 6.85. The molecule has 2 fully saturated rings. The van der Waals surface area contributed by atoms with Crippen LogP contribution in [0, 0.1) is 5.92 Å². The van der Waals surface area contributed by atoms with Gasteiger partial charge in [0, 0.05) is 19.6 Å². The van der Waals surface area contributed by atoms with Gasteiger partial charge in [-0.25, -0.2) is 4.68 Å². The Labute approximate surface area is 118 Å². The molecule has 110 valence electrons. The molecule has 0 atom stereocenters. The van der Waals surface area contributed by atoms with Gasteiger partial charge < -0.3 is 15.0 Å². The number of ether oxygens (including phenoxy) is 1. The molecular weight excluding hydrogens is 258 g/mol. The maximum absolute atomic E-state index is 12.1. The molecule has 1 aromatic heterocycles. The second-order valence-electron chi connectivity index (χ2n) is 5.47. The minimum atomic E-state index is 0.0793. The Balaban J connectivity index is 1.44. The lowest BCUT2D eigenvalue weighted by molar-refractivity contribution is -0.136. The third-order valence-corrected chi connectivity index (χ3v) is 3.68. The third-order valence-electron chi connectivity index (χ3n) is 3.68. The predicted octanol–water partition coefficient (Wildman–Crippen LogP) is -0.363. The first-order chi connectivity index (χ1) is 9.81. The second kappa shape index (κ2) is 6.32. The van der Waals surface area contributed by atoms with E-state index in [2.05, 4.69) is 15.6 Å². The predicted molar refractivity (Wildman–Crippen MR) is 71.9 cm³/mol. The van der Waals surface area contributed by atoms with E-state index in [0.29, 0.717) is 26.3 Å². The zero-order valence-corrected chi connectivity index (χ0v) is 11.6. The van der Waals surface area contributed by atoms with Crippen LogP contribution in [-0.2, 0) is 22.6 Å². The van der Waals surface area contributed by atoms with Gasteiger partial charge in [-0.1, -0.05) is 5.21 Å². The van der Waals surface area contributed by atoms with Crippen LogP contribution in [0.2, 0.25) is 0 Å². The van der Waals surface area contributed by atoms with E-state index in [9.17, 15) is 4.79 Å². The number of carbonyl (C=O) groups is 1. The van der Waals surface area contributed by atoms with Gasteiger partial charge >= 0.3 is 0 Å². The summed E-state index contributed by atoms with van der Waals surface area (Å²) in [5.41, 5.74) is 0.889. The molecule has 0 radical (unpaired) electrons. The highest BCUT2D eigenvalue weighted by Crippen LogP contribution is 2.27. The number of nitrogens with one attached hydrogen (secondary N) is 1. The van der Waals surface area contributed by atoms with Crippen molar-refractivity contribution < 1.29 is 9.53 Å². The van der Waals surface area contributed by atoms with E-state index in [-0.39, 0.29) is 12.5 Å². The number of morpholine rings is 1. The molecule has 1 saturated carbocycles. The normalized spacial score (nSPS) is 19.3. The first-order valence-electron chi connectivity index (χ1n) is 7.26. The number of amides is 1. The van der Waals surface area contributed by atoms with Crippen molar-refractivity contribution in [3.63, 3.8) is 0 Å². The van der Waals surface area contributed by atoms with Crippen molar-refractivity contribution in [2.45, 2.75) is 25.9 Å². The standard InChI is InChI=1S/C13H21N5O2/c19-13(17-3-5-20-6-4-17)10-18-9-12(15-16-18)8-14-7-11-1-2-11/h9,11,14H,1-8,10H2. The first-order valence-corrected chi connectivity index (χ1v) is 7.26. The fourth-order valence-corrected chi connectivity index (χ4v) is 2.27. The monoisotopic (exact) mass is 279 g/mol. The molecule has 0 aromatic carbocycles. The Morgan fingerprint density at radius 1 is 1.40 bits per heavy atom. The van der Waals surface area contributed by atoms with Crippen LogP contribution < -0.4 is 5.32 Å². The Hall–Kier alpha value is -1.47. The lowest BCUT2D eigenvalue weighted by atomic mass is 10.4. The van der Waals surface area contributed by atoms with Gasteiger partial charge in [0.1, 0.15) is 6.54 Å². The number of hydrogen-bond donors (Lipinski definition) is 1. The molecule has 1 aromatic rings. The lowest BCUT2D eigenvalue weighted by Crippen LogP contribution is -2.42. The van der Waals surface area contributed by atoms with Gasteiger partial charge in [-0.3, -0.25) is 4.79 Å². The number of nitrogens with zero attached hydrogens (tertiary/aromatic N) is 4. The highest BCUT2D eigenvalue weighted by molar-refractivity contribution is 5.75. The van der Waals surface area contributed by atoms with E-state index in [1.807, 2.05) is 11.1 Å². The van der Waals surface area contributed by atoms with Crippen LogP contribution in [0.1, 0.15) is 18.5 Å². The largest absolute Gasteiger partial charge is 0.378 e. The molecule has 2 heterocycles. The Bertz CT molecular complexity index is 451. The molecule has 1 aliphatic carbocycles. The summed E-state index contributed by atoms with van der Waals surface area (Å²) in [5, 5.41) is 11.5. The van der Waals surface area contributed by atoms with Gasteiger partial charge in [-0.05, 0) is 25.3 Å². The number of hydrogen-bond acceptors (Lipinski definition) is 5. The summed E-state index contributed by atoms with van der Waals surface area (Å²) in [6.07, 6.45) is 4.53. The van der Waals surface area contributed by atoms with Crippen LogP contribution in [0.5, 0.6) is 0 Å². The van der Waals surface area contributed by atoms with Crippen molar-refractivity contribution in [2.75, 3.05) is 32.8 Å². The van der Waals surface area contributed by atoms with Crippen LogP contribution in [0.4, 0.5) is 0 Å². The molecule has 0 spiro atoms. The maximum Gasteiger partial charge on any atom is 0.244 e. The topological polar surface area (TPSA) is 72.3 Å². The summed E-state index contributed by atoms with van der Waals surface area (Å²) in [7, 11) is 0. The SMILES string of the molecule is O=C(Cn1cc(CNCC2CC2)nn1)N1CCOCC1. The quantitative estimate of drug-likeness (QED) is 0.769. The molecule has 2 aliphatic rings. The number of carbonyl (C=O) groups excluding carboxylic acids is 1. The first kappa shape index (κ1) is 13.5. The van der Waals surface area contributed by atoms with E-state index in [4.69, 9.17) is 4.74 Å². The lowest BCUT2D eigenvalue weighted by Gasteiger charge is -2.26. The van der Waals surface area contributed by atoms with Crippen LogP contribution in [0.3, 0.4) is 0 Å².